The van der Waals surface area contributed by atoms with Crippen molar-refractivity contribution in [3.8, 4) is 0 Å². The van der Waals surface area contributed by atoms with E-state index in [4.69, 9.17) is 0 Å². The molecule has 0 saturated heterocycles. The second-order valence-electron chi connectivity index (χ2n) is 6.57. The molecule has 1 atom stereocenters. The van der Waals surface area contributed by atoms with Gasteiger partial charge in [-0.3, -0.25) is 4.79 Å². The standard InChI is InChI=1S/C21H27N3O2/c1-4-8-19(16-9-6-5-7-10-16)20(25)23-17-11-13-18(14-12-17)24-21(26)22-15(2)3/h5-7,9-15,19H,4,8H2,1-3H3,(H,23,25)(H2,22,24,26). The molecule has 2 aromatic rings. The zero-order valence-corrected chi connectivity index (χ0v) is 15.6. The van der Waals surface area contributed by atoms with Crippen molar-refractivity contribution in [2.45, 2.75) is 45.6 Å². The third-order valence-electron chi connectivity index (χ3n) is 3.93. The van der Waals surface area contributed by atoms with Gasteiger partial charge in [-0.25, -0.2) is 4.79 Å². The van der Waals surface area contributed by atoms with Gasteiger partial charge >= 0.3 is 6.03 Å². The molecule has 5 nitrogen and oxygen atoms in total. The Kier molecular flexibility index (Phi) is 7.21. The van der Waals surface area contributed by atoms with E-state index in [9.17, 15) is 9.59 Å². The maximum absolute atomic E-state index is 12.7. The number of urea groups is 1. The molecule has 26 heavy (non-hydrogen) atoms. The minimum absolute atomic E-state index is 0.0173. The van der Waals surface area contributed by atoms with Gasteiger partial charge in [-0.15, -0.1) is 0 Å². The lowest BCUT2D eigenvalue weighted by Gasteiger charge is -2.17. The Morgan fingerprint density at radius 1 is 0.885 bits per heavy atom. The van der Waals surface area contributed by atoms with E-state index in [1.807, 2.05) is 44.2 Å². The first kappa shape index (κ1) is 19.5. The molecule has 3 N–H and O–H groups in total. The van der Waals surface area contributed by atoms with Crippen molar-refractivity contribution in [2.75, 3.05) is 10.6 Å². The first-order valence-electron chi connectivity index (χ1n) is 9.03. The highest BCUT2D eigenvalue weighted by Gasteiger charge is 2.19. The summed E-state index contributed by atoms with van der Waals surface area (Å²) in [4.78, 5) is 24.4. The number of anilines is 2. The summed E-state index contributed by atoms with van der Waals surface area (Å²) in [6, 6.07) is 16.8. The molecule has 5 heteroatoms. The summed E-state index contributed by atoms with van der Waals surface area (Å²) >= 11 is 0. The van der Waals surface area contributed by atoms with Crippen LogP contribution in [0.25, 0.3) is 0 Å². The van der Waals surface area contributed by atoms with Crippen LogP contribution in [-0.2, 0) is 4.79 Å². The first-order valence-corrected chi connectivity index (χ1v) is 9.03. The summed E-state index contributed by atoms with van der Waals surface area (Å²) in [6.45, 7) is 5.88. The molecule has 2 aromatic carbocycles. The molecular formula is C21H27N3O2. The number of hydrogen-bond donors (Lipinski definition) is 3. The summed E-state index contributed by atoms with van der Waals surface area (Å²) in [5.74, 6) is -0.188. The van der Waals surface area contributed by atoms with Crippen molar-refractivity contribution in [1.29, 1.82) is 0 Å². The van der Waals surface area contributed by atoms with Crippen LogP contribution in [0.3, 0.4) is 0 Å². The summed E-state index contributed by atoms with van der Waals surface area (Å²) in [6.07, 6.45) is 1.73. The van der Waals surface area contributed by atoms with Gasteiger partial charge in [-0.1, -0.05) is 43.7 Å². The lowest BCUT2D eigenvalue weighted by molar-refractivity contribution is -0.117. The first-order chi connectivity index (χ1) is 12.5. The van der Waals surface area contributed by atoms with Crippen LogP contribution in [0, 0.1) is 0 Å². The zero-order valence-electron chi connectivity index (χ0n) is 15.6. The summed E-state index contributed by atoms with van der Waals surface area (Å²) < 4.78 is 0. The number of hydrogen-bond acceptors (Lipinski definition) is 2. The minimum Gasteiger partial charge on any atom is -0.336 e. The molecule has 0 radical (unpaired) electrons. The lowest BCUT2D eigenvalue weighted by Crippen LogP contribution is -2.34. The predicted octanol–water partition coefficient (Wildman–Crippen LogP) is 4.74. The molecular weight excluding hydrogens is 326 g/mol. The third kappa shape index (κ3) is 5.92. The van der Waals surface area contributed by atoms with Crippen LogP contribution in [0.5, 0.6) is 0 Å². The maximum Gasteiger partial charge on any atom is 0.319 e. The second-order valence-corrected chi connectivity index (χ2v) is 6.57. The predicted molar refractivity (Wildman–Crippen MR) is 106 cm³/mol. The number of carbonyl (C=O) groups is 2. The summed E-state index contributed by atoms with van der Waals surface area (Å²) in [5.41, 5.74) is 2.41. The van der Waals surface area contributed by atoms with Gasteiger partial charge in [-0.05, 0) is 50.1 Å². The van der Waals surface area contributed by atoms with Crippen molar-refractivity contribution in [3.05, 3.63) is 60.2 Å². The Balaban J connectivity index is 2.00. The van der Waals surface area contributed by atoms with Gasteiger partial charge < -0.3 is 16.0 Å². The van der Waals surface area contributed by atoms with E-state index < -0.39 is 0 Å². The number of carbonyl (C=O) groups excluding carboxylic acids is 2. The van der Waals surface area contributed by atoms with E-state index >= 15 is 0 Å². The molecule has 0 spiro atoms. The van der Waals surface area contributed by atoms with Gasteiger partial charge in [0.1, 0.15) is 0 Å². The van der Waals surface area contributed by atoms with E-state index in [1.54, 1.807) is 24.3 Å². The van der Waals surface area contributed by atoms with Gasteiger partial charge in [-0.2, -0.15) is 0 Å². The van der Waals surface area contributed by atoms with E-state index in [0.29, 0.717) is 11.4 Å². The van der Waals surface area contributed by atoms with Crippen molar-refractivity contribution >= 4 is 23.3 Å². The third-order valence-corrected chi connectivity index (χ3v) is 3.93. The van der Waals surface area contributed by atoms with Crippen LogP contribution in [0.4, 0.5) is 16.2 Å². The molecule has 0 aliphatic heterocycles. The number of nitrogens with one attached hydrogen (secondary N) is 3. The molecule has 0 aliphatic rings. The quantitative estimate of drug-likeness (QED) is 0.673. The summed E-state index contributed by atoms with van der Waals surface area (Å²) in [5, 5.41) is 8.50. The zero-order chi connectivity index (χ0) is 18.9. The number of rotatable bonds is 7. The fraction of sp³-hybridized carbons (Fsp3) is 0.333. The number of amides is 3. The fourth-order valence-electron chi connectivity index (χ4n) is 2.72. The Morgan fingerprint density at radius 2 is 1.46 bits per heavy atom. The van der Waals surface area contributed by atoms with Crippen molar-refractivity contribution < 1.29 is 9.59 Å². The molecule has 0 fully saturated rings. The average Bonchev–Trinajstić information content (AvgIpc) is 2.61. The summed E-state index contributed by atoms with van der Waals surface area (Å²) in [7, 11) is 0. The van der Waals surface area contributed by atoms with Crippen molar-refractivity contribution in [1.82, 2.24) is 5.32 Å². The minimum atomic E-state index is -0.246. The maximum atomic E-state index is 12.7. The van der Waals surface area contributed by atoms with Gasteiger partial charge in [0.05, 0.1) is 5.92 Å². The molecule has 0 aromatic heterocycles. The highest BCUT2D eigenvalue weighted by molar-refractivity contribution is 5.96. The highest BCUT2D eigenvalue weighted by atomic mass is 16.2. The molecule has 2 rings (SSSR count). The van der Waals surface area contributed by atoms with Crippen LogP contribution in [0.1, 0.15) is 45.1 Å². The van der Waals surface area contributed by atoms with Gasteiger partial charge in [0, 0.05) is 17.4 Å². The lowest BCUT2D eigenvalue weighted by atomic mass is 9.93. The fourth-order valence-corrected chi connectivity index (χ4v) is 2.72. The van der Waals surface area contributed by atoms with Crippen molar-refractivity contribution in [3.63, 3.8) is 0 Å². The van der Waals surface area contributed by atoms with Gasteiger partial charge in [0.2, 0.25) is 5.91 Å². The largest absolute Gasteiger partial charge is 0.336 e. The molecule has 3 amide bonds. The van der Waals surface area contributed by atoms with Crippen LogP contribution in [0.15, 0.2) is 54.6 Å². The highest BCUT2D eigenvalue weighted by Crippen LogP contribution is 2.23. The monoisotopic (exact) mass is 353 g/mol. The molecule has 0 heterocycles. The van der Waals surface area contributed by atoms with Gasteiger partial charge in [0.25, 0.3) is 0 Å². The molecule has 0 aliphatic carbocycles. The van der Waals surface area contributed by atoms with E-state index in [2.05, 4.69) is 22.9 Å². The normalized spacial score (nSPS) is 11.7. The molecule has 0 bridgehead atoms. The molecule has 0 saturated carbocycles. The van der Waals surface area contributed by atoms with Crippen molar-refractivity contribution in [2.24, 2.45) is 0 Å². The molecule has 1 unspecified atom stereocenters. The number of benzene rings is 2. The topological polar surface area (TPSA) is 70.2 Å². The SMILES string of the molecule is CCCC(C(=O)Nc1ccc(NC(=O)NC(C)C)cc1)c1ccccc1. The van der Waals surface area contributed by atoms with Crippen LogP contribution >= 0.6 is 0 Å². The Labute approximate surface area is 155 Å². The smallest absolute Gasteiger partial charge is 0.319 e. The Morgan fingerprint density at radius 3 is 2.00 bits per heavy atom. The van der Waals surface area contributed by atoms with Crippen LogP contribution in [-0.4, -0.2) is 18.0 Å². The van der Waals surface area contributed by atoms with E-state index in [-0.39, 0.29) is 23.9 Å². The molecule has 138 valence electrons. The Bertz CT molecular complexity index is 712. The van der Waals surface area contributed by atoms with Crippen LogP contribution in [0.2, 0.25) is 0 Å². The van der Waals surface area contributed by atoms with Gasteiger partial charge in [0.15, 0.2) is 0 Å². The average molecular weight is 353 g/mol. The van der Waals surface area contributed by atoms with E-state index in [1.165, 1.54) is 0 Å². The Hall–Kier alpha value is -2.82. The van der Waals surface area contributed by atoms with E-state index in [0.717, 1.165) is 18.4 Å². The van der Waals surface area contributed by atoms with Crippen LogP contribution < -0.4 is 16.0 Å². The second kappa shape index (κ2) is 9.61.